The van der Waals surface area contributed by atoms with Crippen LogP contribution in [0.2, 0.25) is 0 Å². The van der Waals surface area contributed by atoms with E-state index in [0.29, 0.717) is 0 Å². The van der Waals surface area contributed by atoms with E-state index in [1.165, 1.54) is 35.7 Å². The van der Waals surface area contributed by atoms with Crippen molar-refractivity contribution in [3.05, 3.63) is 35.4 Å². The van der Waals surface area contributed by atoms with Gasteiger partial charge in [0.2, 0.25) is 0 Å². The molecule has 0 radical (unpaired) electrons. The van der Waals surface area contributed by atoms with Crippen molar-refractivity contribution < 1.29 is 9.80 Å². The fourth-order valence-corrected chi connectivity index (χ4v) is 1.93. The van der Waals surface area contributed by atoms with Gasteiger partial charge in [0.25, 0.3) is 0 Å². The first kappa shape index (κ1) is 13.2. The van der Waals surface area contributed by atoms with Crippen molar-refractivity contribution in [2.24, 2.45) is 0 Å². The van der Waals surface area contributed by atoms with E-state index < -0.39 is 0 Å². The third kappa shape index (κ3) is 4.77. The average molecular weight is 222 g/mol. The zero-order chi connectivity index (χ0) is 12.0. The van der Waals surface area contributed by atoms with E-state index in [1.807, 2.05) is 0 Å². The molecule has 1 unspecified atom stereocenters. The van der Waals surface area contributed by atoms with Crippen LogP contribution >= 0.6 is 0 Å². The monoisotopic (exact) mass is 222 g/mol. The highest BCUT2D eigenvalue weighted by molar-refractivity contribution is 5.21. The summed E-state index contributed by atoms with van der Waals surface area (Å²) in [5.74, 6) is 0. The van der Waals surface area contributed by atoms with Crippen LogP contribution in [-0.2, 0) is 6.54 Å². The van der Waals surface area contributed by atoms with Crippen LogP contribution in [0.3, 0.4) is 0 Å². The molecule has 0 aromatic heterocycles. The topological polar surface area (TPSA) is 8.88 Å². The van der Waals surface area contributed by atoms with Crippen molar-refractivity contribution in [1.82, 2.24) is 0 Å². The second-order valence-electron chi connectivity index (χ2n) is 4.98. The molecule has 0 aliphatic heterocycles. The molecular formula is C14H26N2+2. The summed E-state index contributed by atoms with van der Waals surface area (Å²) in [5, 5.41) is 0. The Hall–Kier alpha value is -0.860. The first-order valence-corrected chi connectivity index (χ1v) is 6.30. The molecular weight excluding hydrogens is 196 g/mol. The third-order valence-electron chi connectivity index (χ3n) is 3.02. The Labute approximate surface area is 99.9 Å². The van der Waals surface area contributed by atoms with Gasteiger partial charge in [-0.05, 0) is 13.8 Å². The first-order valence-electron chi connectivity index (χ1n) is 6.30. The molecule has 0 amide bonds. The van der Waals surface area contributed by atoms with Gasteiger partial charge in [-0.15, -0.1) is 0 Å². The highest BCUT2D eigenvalue weighted by atomic mass is 15.2. The molecule has 0 heterocycles. The van der Waals surface area contributed by atoms with E-state index in [2.05, 4.69) is 52.2 Å². The first-order chi connectivity index (χ1) is 7.61. The van der Waals surface area contributed by atoms with Crippen molar-refractivity contribution in [3.8, 4) is 0 Å². The van der Waals surface area contributed by atoms with Crippen molar-refractivity contribution in [2.45, 2.75) is 20.4 Å². The Bertz CT molecular complexity index is 307. The fraction of sp³-hybridized carbons (Fsp3) is 0.571. The van der Waals surface area contributed by atoms with Gasteiger partial charge in [-0.1, -0.05) is 29.8 Å². The number of quaternary nitrogens is 2. The molecule has 1 atom stereocenters. The van der Waals surface area contributed by atoms with Crippen LogP contribution < -0.4 is 9.80 Å². The maximum absolute atomic E-state index is 2.30. The highest BCUT2D eigenvalue weighted by Gasteiger charge is 2.08. The molecule has 2 nitrogen and oxygen atoms in total. The SMILES string of the molecule is CC[NH+](CC[NH+](C)C)Cc1cccc(C)c1. The van der Waals surface area contributed by atoms with E-state index in [0.717, 1.165) is 6.54 Å². The van der Waals surface area contributed by atoms with Gasteiger partial charge in [0.15, 0.2) is 0 Å². The van der Waals surface area contributed by atoms with Gasteiger partial charge in [-0.2, -0.15) is 0 Å². The molecule has 2 N–H and O–H groups in total. The Kier molecular flexibility index (Phi) is 5.50. The molecule has 0 aliphatic rings. The van der Waals surface area contributed by atoms with Gasteiger partial charge in [0.05, 0.1) is 20.6 Å². The average Bonchev–Trinajstić information content (AvgIpc) is 2.24. The summed E-state index contributed by atoms with van der Waals surface area (Å²) in [5.41, 5.74) is 2.83. The number of hydrogen-bond acceptors (Lipinski definition) is 0. The van der Waals surface area contributed by atoms with Crippen LogP contribution in [0.15, 0.2) is 24.3 Å². The molecule has 0 saturated heterocycles. The van der Waals surface area contributed by atoms with Gasteiger partial charge in [0, 0.05) is 5.56 Å². The van der Waals surface area contributed by atoms with E-state index in [4.69, 9.17) is 0 Å². The zero-order valence-corrected chi connectivity index (χ0v) is 11.1. The standard InChI is InChI=1S/C14H24N2/c1-5-16(10-9-15(3)4)12-14-8-6-7-13(2)11-14/h6-8,11H,5,9-10,12H2,1-4H3/p+2. The number of benzene rings is 1. The summed E-state index contributed by atoms with van der Waals surface area (Å²) in [6, 6.07) is 8.87. The lowest BCUT2D eigenvalue weighted by Crippen LogP contribution is -3.17. The minimum atomic E-state index is 1.16. The lowest BCUT2D eigenvalue weighted by Gasteiger charge is -2.18. The zero-order valence-electron chi connectivity index (χ0n) is 11.1. The molecule has 0 fully saturated rings. The number of nitrogens with one attached hydrogen (secondary N) is 2. The van der Waals surface area contributed by atoms with Crippen LogP contribution in [-0.4, -0.2) is 33.7 Å². The van der Waals surface area contributed by atoms with Crippen molar-refractivity contribution in [1.29, 1.82) is 0 Å². The van der Waals surface area contributed by atoms with Gasteiger partial charge < -0.3 is 9.80 Å². The van der Waals surface area contributed by atoms with Crippen molar-refractivity contribution in [2.75, 3.05) is 33.7 Å². The largest absolute Gasteiger partial charge is 0.335 e. The Morgan fingerprint density at radius 3 is 2.44 bits per heavy atom. The molecule has 2 heteroatoms. The van der Waals surface area contributed by atoms with E-state index in [-0.39, 0.29) is 0 Å². The minimum Gasteiger partial charge on any atom is -0.335 e. The number of rotatable bonds is 6. The Morgan fingerprint density at radius 2 is 1.88 bits per heavy atom. The van der Waals surface area contributed by atoms with Crippen LogP contribution in [0.1, 0.15) is 18.1 Å². The molecule has 0 aliphatic carbocycles. The molecule has 90 valence electrons. The number of hydrogen-bond donors (Lipinski definition) is 2. The number of likely N-dealkylation sites (N-methyl/N-ethyl adjacent to an activating group) is 2. The normalized spacial score (nSPS) is 13.1. The van der Waals surface area contributed by atoms with Gasteiger partial charge >= 0.3 is 0 Å². The summed E-state index contributed by atoms with van der Waals surface area (Å²) in [7, 11) is 4.44. The second kappa shape index (κ2) is 6.66. The summed E-state index contributed by atoms with van der Waals surface area (Å²) in [6.07, 6.45) is 0. The highest BCUT2D eigenvalue weighted by Crippen LogP contribution is 2.01. The number of aryl methyl sites for hydroxylation is 1. The smallest absolute Gasteiger partial charge is 0.127 e. The summed E-state index contributed by atoms with van der Waals surface area (Å²) >= 11 is 0. The third-order valence-corrected chi connectivity index (χ3v) is 3.02. The van der Waals surface area contributed by atoms with Crippen LogP contribution in [0.5, 0.6) is 0 Å². The predicted molar refractivity (Wildman–Crippen MR) is 68.9 cm³/mol. The van der Waals surface area contributed by atoms with Crippen LogP contribution in [0, 0.1) is 6.92 Å². The van der Waals surface area contributed by atoms with Gasteiger partial charge in [0.1, 0.15) is 19.6 Å². The van der Waals surface area contributed by atoms with Crippen molar-refractivity contribution >= 4 is 0 Å². The van der Waals surface area contributed by atoms with Gasteiger partial charge in [-0.3, -0.25) is 0 Å². The van der Waals surface area contributed by atoms with E-state index in [9.17, 15) is 0 Å². The van der Waals surface area contributed by atoms with E-state index in [1.54, 1.807) is 4.90 Å². The van der Waals surface area contributed by atoms with E-state index >= 15 is 0 Å². The molecule has 0 spiro atoms. The molecule has 16 heavy (non-hydrogen) atoms. The quantitative estimate of drug-likeness (QED) is 0.645. The summed E-state index contributed by atoms with van der Waals surface area (Å²) in [6.45, 7) is 9.31. The summed E-state index contributed by atoms with van der Waals surface area (Å²) < 4.78 is 0. The molecule has 1 rings (SSSR count). The minimum absolute atomic E-state index is 1.16. The fourth-order valence-electron chi connectivity index (χ4n) is 1.93. The molecule has 0 bridgehead atoms. The van der Waals surface area contributed by atoms with Gasteiger partial charge in [-0.25, -0.2) is 0 Å². The maximum Gasteiger partial charge on any atom is 0.127 e. The van der Waals surface area contributed by atoms with Crippen LogP contribution in [0.4, 0.5) is 0 Å². The molecule has 1 aromatic carbocycles. The maximum atomic E-state index is 2.30. The lowest BCUT2D eigenvalue weighted by atomic mass is 10.1. The van der Waals surface area contributed by atoms with Crippen LogP contribution in [0.25, 0.3) is 0 Å². The lowest BCUT2D eigenvalue weighted by molar-refractivity contribution is -0.949. The predicted octanol–water partition coefficient (Wildman–Crippen LogP) is -0.456. The summed E-state index contributed by atoms with van der Waals surface area (Å²) in [4.78, 5) is 3.21. The second-order valence-corrected chi connectivity index (χ2v) is 4.98. The Balaban J connectivity index is 2.49. The Morgan fingerprint density at radius 1 is 1.12 bits per heavy atom. The van der Waals surface area contributed by atoms with Crippen molar-refractivity contribution in [3.63, 3.8) is 0 Å². The molecule has 0 saturated carbocycles. The molecule has 1 aromatic rings.